The first-order valence-corrected chi connectivity index (χ1v) is 12.4. The highest BCUT2D eigenvalue weighted by Crippen LogP contribution is 2.28. The SMILES string of the molecule is COc1ccc(CCOc2cccc(-c3cccc(CC(=O)C4CCN(C(N)=O)CC4)c3)n2)cc1OC. The molecule has 1 saturated heterocycles. The second-order valence-electron chi connectivity index (χ2n) is 9.09. The summed E-state index contributed by atoms with van der Waals surface area (Å²) in [7, 11) is 3.23. The van der Waals surface area contributed by atoms with Gasteiger partial charge in [0.2, 0.25) is 5.88 Å². The van der Waals surface area contributed by atoms with Crippen LogP contribution in [0.5, 0.6) is 17.4 Å². The van der Waals surface area contributed by atoms with Gasteiger partial charge in [0.15, 0.2) is 11.5 Å². The number of likely N-dealkylation sites (tertiary alicyclic amines) is 1. The fraction of sp³-hybridized carbons (Fsp3) is 0.345. The molecule has 0 unspecified atom stereocenters. The van der Waals surface area contributed by atoms with Crippen LogP contribution in [0, 0.1) is 5.92 Å². The Morgan fingerprint density at radius 2 is 1.70 bits per heavy atom. The topological polar surface area (TPSA) is 104 Å². The van der Waals surface area contributed by atoms with Crippen LogP contribution in [0.15, 0.2) is 60.7 Å². The van der Waals surface area contributed by atoms with Crippen molar-refractivity contribution in [1.82, 2.24) is 9.88 Å². The number of amides is 2. The molecule has 1 aromatic heterocycles. The van der Waals surface area contributed by atoms with Gasteiger partial charge in [-0.25, -0.2) is 9.78 Å². The van der Waals surface area contributed by atoms with Crippen molar-refractivity contribution in [3.05, 3.63) is 71.8 Å². The minimum absolute atomic E-state index is 0.0419. The third-order valence-corrected chi connectivity index (χ3v) is 6.68. The number of pyridine rings is 1. The van der Waals surface area contributed by atoms with Gasteiger partial charge in [-0.15, -0.1) is 0 Å². The van der Waals surface area contributed by atoms with E-state index in [9.17, 15) is 9.59 Å². The van der Waals surface area contributed by atoms with Crippen molar-refractivity contribution in [2.45, 2.75) is 25.7 Å². The maximum atomic E-state index is 12.9. The lowest BCUT2D eigenvalue weighted by Gasteiger charge is -2.30. The highest BCUT2D eigenvalue weighted by atomic mass is 16.5. The van der Waals surface area contributed by atoms with Crippen molar-refractivity contribution in [3.8, 4) is 28.6 Å². The van der Waals surface area contributed by atoms with Gasteiger partial charge in [-0.1, -0.05) is 30.3 Å². The number of methoxy groups -OCH3 is 2. The van der Waals surface area contributed by atoms with Crippen LogP contribution >= 0.6 is 0 Å². The van der Waals surface area contributed by atoms with E-state index in [0.29, 0.717) is 62.8 Å². The van der Waals surface area contributed by atoms with Crippen LogP contribution in [-0.4, -0.2) is 55.6 Å². The van der Waals surface area contributed by atoms with Gasteiger partial charge in [0.1, 0.15) is 5.78 Å². The fourth-order valence-corrected chi connectivity index (χ4v) is 4.57. The molecule has 3 aromatic rings. The summed E-state index contributed by atoms with van der Waals surface area (Å²) in [6.45, 7) is 1.54. The Morgan fingerprint density at radius 1 is 0.946 bits per heavy atom. The van der Waals surface area contributed by atoms with E-state index in [2.05, 4.69) is 4.98 Å². The molecule has 8 nitrogen and oxygen atoms in total. The van der Waals surface area contributed by atoms with E-state index in [1.54, 1.807) is 19.1 Å². The molecule has 0 saturated carbocycles. The number of hydrogen-bond donors (Lipinski definition) is 1. The van der Waals surface area contributed by atoms with Crippen LogP contribution in [0.1, 0.15) is 24.0 Å². The summed E-state index contributed by atoms with van der Waals surface area (Å²) in [5, 5.41) is 0. The molecule has 0 spiro atoms. The van der Waals surface area contributed by atoms with Crippen molar-refractivity contribution in [2.75, 3.05) is 33.9 Å². The summed E-state index contributed by atoms with van der Waals surface area (Å²) in [6, 6.07) is 19.0. The molecule has 1 fully saturated rings. The largest absolute Gasteiger partial charge is 0.493 e. The summed E-state index contributed by atoms with van der Waals surface area (Å²) in [5.41, 5.74) is 9.08. The number of carbonyl (C=O) groups is 2. The summed E-state index contributed by atoms with van der Waals surface area (Å²) >= 11 is 0. The van der Waals surface area contributed by atoms with Gasteiger partial charge in [0, 0.05) is 43.5 Å². The number of ether oxygens (including phenoxy) is 3. The van der Waals surface area contributed by atoms with Crippen LogP contribution in [0.25, 0.3) is 11.3 Å². The molecule has 2 heterocycles. The van der Waals surface area contributed by atoms with Crippen molar-refractivity contribution < 1.29 is 23.8 Å². The smallest absolute Gasteiger partial charge is 0.314 e. The number of urea groups is 1. The number of ketones is 1. The number of benzene rings is 2. The van der Waals surface area contributed by atoms with E-state index in [1.807, 2.05) is 60.7 Å². The minimum atomic E-state index is -0.418. The Bertz CT molecular complexity index is 1240. The van der Waals surface area contributed by atoms with E-state index < -0.39 is 6.03 Å². The molecule has 37 heavy (non-hydrogen) atoms. The molecule has 194 valence electrons. The van der Waals surface area contributed by atoms with E-state index in [4.69, 9.17) is 19.9 Å². The van der Waals surface area contributed by atoms with E-state index in [0.717, 1.165) is 22.4 Å². The molecule has 8 heteroatoms. The first-order valence-electron chi connectivity index (χ1n) is 12.4. The van der Waals surface area contributed by atoms with Crippen LogP contribution in [0.4, 0.5) is 4.79 Å². The second kappa shape index (κ2) is 12.3. The summed E-state index contributed by atoms with van der Waals surface area (Å²) in [5.74, 6) is 2.08. The Balaban J connectivity index is 1.35. The number of primary amides is 1. The lowest BCUT2D eigenvalue weighted by Crippen LogP contribution is -2.43. The molecular formula is C29H33N3O5. The highest BCUT2D eigenvalue weighted by Gasteiger charge is 2.26. The maximum absolute atomic E-state index is 12.9. The number of piperidine rings is 1. The molecular weight excluding hydrogens is 470 g/mol. The molecule has 1 aliphatic rings. The number of aromatic nitrogens is 1. The number of rotatable bonds is 10. The number of carbonyl (C=O) groups excluding carboxylic acids is 2. The van der Waals surface area contributed by atoms with Crippen molar-refractivity contribution in [2.24, 2.45) is 11.7 Å². The quantitative estimate of drug-likeness (QED) is 0.443. The normalized spacial score (nSPS) is 13.7. The monoisotopic (exact) mass is 503 g/mol. The Kier molecular flexibility index (Phi) is 8.61. The minimum Gasteiger partial charge on any atom is -0.493 e. The summed E-state index contributed by atoms with van der Waals surface area (Å²) < 4.78 is 16.6. The van der Waals surface area contributed by atoms with Crippen LogP contribution in [-0.2, 0) is 17.6 Å². The number of nitrogens with zero attached hydrogens (tertiary/aromatic N) is 2. The molecule has 2 amide bonds. The maximum Gasteiger partial charge on any atom is 0.314 e. The average Bonchev–Trinajstić information content (AvgIpc) is 2.93. The van der Waals surface area contributed by atoms with E-state index in [-0.39, 0.29) is 11.7 Å². The van der Waals surface area contributed by atoms with Crippen molar-refractivity contribution in [3.63, 3.8) is 0 Å². The Labute approximate surface area is 217 Å². The molecule has 2 N–H and O–H groups in total. The first-order chi connectivity index (χ1) is 18.0. The number of nitrogens with two attached hydrogens (primary N) is 1. The van der Waals surface area contributed by atoms with Gasteiger partial charge in [0.05, 0.1) is 26.5 Å². The molecule has 0 aliphatic carbocycles. The van der Waals surface area contributed by atoms with Gasteiger partial charge in [-0.2, -0.15) is 0 Å². The van der Waals surface area contributed by atoms with E-state index >= 15 is 0 Å². The van der Waals surface area contributed by atoms with Gasteiger partial charge in [0.25, 0.3) is 0 Å². The predicted molar refractivity (Wildman–Crippen MR) is 141 cm³/mol. The zero-order valence-electron chi connectivity index (χ0n) is 21.3. The van der Waals surface area contributed by atoms with Crippen molar-refractivity contribution >= 4 is 11.8 Å². The van der Waals surface area contributed by atoms with Gasteiger partial charge in [-0.3, -0.25) is 4.79 Å². The molecule has 2 aromatic carbocycles. The summed E-state index contributed by atoms with van der Waals surface area (Å²) in [6.07, 6.45) is 2.37. The van der Waals surface area contributed by atoms with Crippen LogP contribution in [0.2, 0.25) is 0 Å². The van der Waals surface area contributed by atoms with E-state index in [1.165, 1.54) is 0 Å². The zero-order valence-corrected chi connectivity index (χ0v) is 21.3. The fourth-order valence-electron chi connectivity index (χ4n) is 4.57. The lowest BCUT2D eigenvalue weighted by molar-refractivity contribution is -0.123. The molecule has 1 aliphatic heterocycles. The van der Waals surface area contributed by atoms with Crippen LogP contribution < -0.4 is 19.9 Å². The van der Waals surface area contributed by atoms with Crippen molar-refractivity contribution in [1.29, 1.82) is 0 Å². The third-order valence-electron chi connectivity index (χ3n) is 6.68. The zero-order chi connectivity index (χ0) is 26.2. The standard InChI is InChI=1S/C29H33N3O5/c1-35-26-10-9-20(19-27(26)36-2)13-16-37-28-8-4-7-24(31-28)23-6-3-5-21(17-23)18-25(33)22-11-14-32(15-12-22)29(30)34/h3-10,17,19,22H,11-16,18H2,1-2H3,(H2,30,34). The Hall–Kier alpha value is -4.07. The third kappa shape index (κ3) is 6.78. The average molecular weight is 504 g/mol. The molecule has 0 bridgehead atoms. The molecule has 0 atom stereocenters. The molecule has 0 radical (unpaired) electrons. The highest BCUT2D eigenvalue weighted by molar-refractivity contribution is 5.84. The van der Waals surface area contributed by atoms with Gasteiger partial charge in [-0.05, 0) is 48.2 Å². The van der Waals surface area contributed by atoms with Gasteiger partial charge < -0.3 is 24.8 Å². The number of Topliss-reactive ketones (excluding diaryl/α,β-unsaturated/α-hetero) is 1. The molecule has 4 rings (SSSR count). The lowest BCUT2D eigenvalue weighted by atomic mass is 9.89. The predicted octanol–water partition coefficient (Wildman–Crippen LogP) is 4.29. The Morgan fingerprint density at radius 3 is 2.43 bits per heavy atom. The van der Waals surface area contributed by atoms with Gasteiger partial charge >= 0.3 is 6.03 Å². The summed E-state index contributed by atoms with van der Waals surface area (Å²) in [4.78, 5) is 30.5. The second-order valence-corrected chi connectivity index (χ2v) is 9.09. The van der Waals surface area contributed by atoms with Crippen LogP contribution in [0.3, 0.4) is 0 Å². The first kappa shape index (κ1) is 26.0. The number of hydrogen-bond acceptors (Lipinski definition) is 6.